The Kier molecular flexibility index (Phi) is 8.10. The maximum absolute atomic E-state index is 13.8. The molecule has 7 heteroatoms. The third kappa shape index (κ3) is 5.36. The molecule has 1 unspecified atom stereocenters. The van der Waals surface area contributed by atoms with Crippen LogP contribution in [-0.2, 0) is 4.74 Å². The number of carbonyl (C=O) groups is 1. The Labute approximate surface area is 213 Å². The quantitative estimate of drug-likeness (QED) is 0.256. The Hall–Kier alpha value is -3.29. The number of hydrogen-bond acceptors (Lipinski definition) is 4. The van der Waals surface area contributed by atoms with Crippen molar-refractivity contribution in [1.29, 1.82) is 0 Å². The van der Waals surface area contributed by atoms with Gasteiger partial charge in [0.25, 0.3) is 11.5 Å². The largest absolute Gasteiger partial charge is 0.385 e. The lowest BCUT2D eigenvalue weighted by molar-refractivity contribution is 0.0634. The molecule has 0 aliphatic heterocycles. The number of rotatable bonds is 9. The minimum atomic E-state index is -0.416. The van der Waals surface area contributed by atoms with E-state index in [-0.39, 0.29) is 11.5 Å². The van der Waals surface area contributed by atoms with E-state index in [9.17, 15) is 9.59 Å². The molecule has 0 bridgehead atoms. The minimum absolute atomic E-state index is 0.109. The average molecular weight is 534 g/mol. The third-order valence-corrected chi connectivity index (χ3v) is 6.51. The summed E-state index contributed by atoms with van der Waals surface area (Å²) in [5, 5.41) is 0.542. The van der Waals surface area contributed by atoms with E-state index in [1.807, 2.05) is 72.5 Å². The van der Waals surface area contributed by atoms with Crippen molar-refractivity contribution in [1.82, 2.24) is 14.5 Å². The topological polar surface area (TPSA) is 64.4 Å². The molecule has 0 fully saturated rings. The Morgan fingerprint density at radius 3 is 2.40 bits per heavy atom. The van der Waals surface area contributed by atoms with Gasteiger partial charge < -0.3 is 9.64 Å². The molecule has 0 N–H and O–H groups in total. The van der Waals surface area contributed by atoms with Crippen LogP contribution in [0.4, 0.5) is 0 Å². The van der Waals surface area contributed by atoms with Crippen molar-refractivity contribution in [2.75, 3.05) is 20.3 Å². The smallest absolute Gasteiger partial charge is 0.266 e. The molecule has 1 aromatic heterocycles. The lowest BCUT2D eigenvalue weighted by atomic mass is 10.1. The fraction of sp³-hybridized carbons (Fsp3) is 0.250. The molecule has 0 saturated heterocycles. The monoisotopic (exact) mass is 533 g/mol. The number of aromatic nitrogens is 2. The number of ether oxygens (including phenoxy) is 1. The summed E-state index contributed by atoms with van der Waals surface area (Å²) in [5.41, 5.74) is 1.77. The number of carbonyl (C=O) groups excluding carboxylic acids is 1. The van der Waals surface area contributed by atoms with Gasteiger partial charge in [-0.15, -0.1) is 0 Å². The summed E-state index contributed by atoms with van der Waals surface area (Å²) in [7, 11) is 1.65. The highest BCUT2D eigenvalue weighted by Gasteiger charge is 2.29. The maximum atomic E-state index is 13.8. The first kappa shape index (κ1) is 24.8. The van der Waals surface area contributed by atoms with Gasteiger partial charge in [-0.05, 0) is 61.4 Å². The molecular weight excluding hydrogens is 506 g/mol. The second-order valence-corrected chi connectivity index (χ2v) is 9.15. The van der Waals surface area contributed by atoms with Crippen molar-refractivity contribution in [2.24, 2.45) is 0 Å². The molecule has 0 saturated carbocycles. The molecule has 0 aliphatic carbocycles. The molecule has 4 rings (SSSR count). The van der Waals surface area contributed by atoms with Crippen LogP contribution in [-0.4, -0.2) is 40.6 Å². The van der Waals surface area contributed by atoms with Crippen molar-refractivity contribution in [3.8, 4) is 5.69 Å². The van der Waals surface area contributed by atoms with E-state index >= 15 is 0 Å². The zero-order chi connectivity index (χ0) is 24.8. The van der Waals surface area contributed by atoms with Crippen LogP contribution in [0.1, 0.15) is 42.0 Å². The van der Waals surface area contributed by atoms with Gasteiger partial charge in [0, 0.05) is 30.3 Å². The highest BCUT2D eigenvalue weighted by Crippen LogP contribution is 2.28. The lowest BCUT2D eigenvalue weighted by Crippen LogP contribution is -2.39. The summed E-state index contributed by atoms with van der Waals surface area (Å²) >= 11 is 3.44. The van der Waals surface area contributed by atoms with E-state index in [1.165, 1.54) is 0 Å². The normalized spacial score (nSPS) is 12.0. The molecule has 0 radical (unpaired) electrons. The number of para-hydroxylation sites is 2. The van der Waals surface area contributed by atoms with Crippen LogP contribution in [0.3, 0.4) is 0 Å². The number of fused-ring (bicyclic) bond motifs is 1. The van der Waals surface area contributed by atoms with Gasteiger partial charge in [-0.2, -0.15) is 0 Å². The minimum Gasteiger partial charge on any atom is -0.385 e. The van der Waals surface area contributed by atoms with Crippen LogP contribution in [0.2, 0.25) is 0 Å². The van der Waals surface area contributed by atoms with Gasteiger partial charge >= 0.3 is 0 Å². The molecule has 35 heavy (non-hydrogen) atoms. The SMILES string of the molecule is CCC(c1nc2ccccc2c(=O)n1-c1ccccc1)N(CCCOC)C(=O)c1ccc(Br)cc1. The van der Waals surface area contributed by atoms with Gasteiger partial charge in [0.05, 0.1) is 22.6 Å². The van der Waals surface area contributed by atoms with Gasteiger partial charge in [0.1, 0.15) is 5.82 Å². The summed E-state index contributed by atoms with van der Waals surface area (Å²) in [5.74, 6) is 0.438. The van der Waals surface area contributed by atoms with Crippen LogP contribution >= 0.6 is 15.9 Å². The van der Waals surface area contributed by atoms with Gasteiger partial charge in [-0.1, -0.05) is 53.2 Å². The van der Waals surface area contributed by atoms with E-state index in [2.05, 4.69) is 15.9 Å². The first-order valence-electron chi connectivity index (χ1n) is 11.7. The van der Waals surface area contributed by atoms with Crippen LogP contribution in [0.5, 0.6) is 0 Å². The van der Waals surface area contributed by atoms with E-state index < -0.39 is 6.04 Å². The van der Waals surface area contributed by atoms with Crippen molar-refractivity contribution in [3.05, 3.63) is 105 Å². The summed E-state index contributed by atoms with van der Waals surface area (Å²) in [6, 6.07) is 23.7. The number of benzene rings is 3. The molecule has 1 atom stereocenters. The molecule has 3 aromatic carbocycles. The predicted molar refractivity (Wildman–Crippen MR) is 142 cm³/mol. The van der Waals surface area contributed by atoms with Crippen molar-refractivity contribution < 1.29 is 9.53 Å². The number of nitrogens with zero attached hydrogens (tertiary/aromatic N) is 3. The molecule has 0 spiro atoms. The van der Waals surface area contributed by atoms with Crippen molar-refractivity contribution in [3.63, 3.8) is 0 Å². The molecule has 180 valence electrons. The second kappa shape index (κ2) is 11.4. The van der Waals surface area contributed by atoms with Crippen LogP contribution in [0.25, 0.3) is 16.6 Å². The van der Waals surface area contributed by atoms with Gasteiger partial charge in [0.2, 0.25) is 0 Å². The Bertz CT molecular complexity index is 1350. The van der Waals surface area contributed by atoms with Gasteiger partial charge in [-0.3, -0.25) is 14.2 Å². The lowest BCUT2D eigenvalue weighted by Gasteiger charge is -2.32. The third-order valence-electron chi connectivity index (χ3n) is 5.98. The Morgan fingerprint density at radius 1 is 1.03 bits per heavy atom. The molecular formula is C28H28BrN3O3. The summed E-state index contributed by atoms with van der Waals surface area (Å²) in [6.45, 7) is 3.01. The molecule has 1 amide bonds. The van der Waals surface area contributed by atoms with Crippen molar-refractivity contribution in [2.45, 2.75) is 25.8 Å². The fourth-order valence-electron chi connectivity index (χ4n) is 4.28. The van der Waals surface area contributed by atoms with Crippen LogP contribution in [0, 0.1) is 0 Å². The maximum Gasteiger partial charge on any atom is 0.266 e. The Morgan fingerprint density at radius 2 is 1.71 bits per heavy atom. The molecule has 6 nitrogen and oxygen atoms in total. The number of halogens is 1. The van der Waals surface area contributed by atoms with Crippen molar-refractivity contribution >= 4 is 32.7 Å². The predicted octanol–water partition coefficient (Wildman–Crippen LogP) is 5.78. The first-order chi connectivity index (χ1) is 17.0. The fourth-order valence-corrected chi connectivity index (χ4v) is 4.54. The van der Waals surface area contributed by atoms with Gasteiger partial charge in [-0.25, -0.2) is 4.98 Å². The molecule has 4 aromatic rings. The average Bonchev–Trinajstić information content (AvgIpc) is 2.89. The zero-order valence-electron chi connectivity index (χ0n) is 19.9. The van der Waals surface area contributed by atoms with Crippen LogP contribution in [0.15, 0.2) is 88.1 Å². The molecule has 1 heterocycles. The van der Waals surface area contributed by atoms with Crippen LogP contribution < -0.4 is 5.56 Å². The second-order valence-electron chi connectivity index (χ2n) is 8.24. The number of hydrogen-bond donors (Lipinski definition) is 0. The molecule has 0 aliphatic rings. The number of methoxy groups -OCH3 is 1. The van der Waals surface area contributed by atoms with E-state index in [4.69, 9.17) is 9.72 Å². The standard InChI is InChI=1S/C28H28BrN3O3/c1-3-25(31(18-9-19-35-2)27(33)20-14-16-21(29)17-15-20)26-30-24-13-8-7-12-23(24)28(34)32(26)22-10-5-4-6-11-22/h4-8,10-17,25H,3,9,18-19H2,1-2H3. The van der Waals surface area contributed by atoms with E-state index in [1.54, 1.807) is 29.9 Å². The highest BCUT2D eigenvalue weighted by molar-refractivity contribution is 9.10. The number of amides is 1. The summed E-state index contributed by atoms with van der Waals surface area (Å²) in [4.78, 5) is 34.3. The van der Waals surface area contributed by atoms with Gasteiger partial charge in [0.15, 0.2) is 0 Å². The first-order valence-corrected chi connectivity index (χ1v) is 12.5. The summed E-state index contributed by atoms with van der Waals surface area (Å²) < 4.78 is 7.82. The zero-order valence-corrected chi connectivity index (χ0v) is 21.4. The van der Waals surface area contributed by atoms with E-state index in [0.29, 0.717) is 48.3 Å². The Balaban J connectivity index is 1.90. The van der Waals surface area contributed by atoms with E-state index in [0.717, 1.165) is 10.2 Å². The summed E-state index contributed by atoms with van der Waals surface area (Å²) in [6.07, 6.45) is 1.26. The highest BCUT2D eigenvalue weighted by atomic mass is 79.9.